The first kappa shape index (κ1) is 14.2. The summed E-state index contributed by atoms with van der Waals surface area (Å²) in [5.41, 5.74) is 1.46. The number of anilines is 1. The molecule has 0 radical (unpaired) electrons. The third-order valence-electron chi connectivity index (χ3n) is 2.48. The molecule has 0 aliphatic rings. The first-order valence-corrected chi connectivity index (χ1v) is 7.12. The fourth-order valence-electron chi connectivity index (χ4n) is 1.58. The van der Waals surface area contributed by atoms with Gasteiger partial charge in [0.2, 0.25) is 5.91 Å². The maximum absolute atomic E-state index is 12.8. The van der Waals surface area contributed by atoms with Gasteiger partial charge in [-0.15, -0.1) is 0 Å². The van der Waals surface area contributed by atoms with Crippen molar-refractivity contribution in [3.63, 3.8) is 0 Å². The van der Waals surface area contributed by atoms with E-state index in [2.05, 4.69) is 37.2 Å². The van der Waals surface area contributed by atoms with Crippen molar-refractivity contribution in [1.82, 2.24) is 0 Å². The van der Waals surface area contributed by atoms with Crippen LogP contribution in [0, 0.1) is 5.82 Å². The largest absolute Gasteiger partial charge is 0.325 e. The molecule has 0 saturated heterocycles. The quantitative estimate of drug-likeness (QED) is 0.824. The number of nitrogens with one attached hydrogen (secondary N) is 1. The second-order valence-corrected chi connectivity index (χ2v) is 5.75. The Balaban J connectivity index is 2.05. The molecule has 1 N–H and O–H groups in total. The Morgan fingerprint density at radius 3 is 2.47 bits per heavy atom. The number of hydrogen-bond donors (Lipinski definition) is 1. The van der Waals surface area contributed by atoms with E-state index in [9.17, 15) is 9.18 Å². The molecule has 98 valence electrons. The van der Waals surface area contributed by atoms with E-state index in [1.54, 1.807) is 12.1 Å². The highest BCUT2D eigenvalue weighted by atomic mass is 79.9. The molecule has 0 aliphatic heterocycles. The lowest BCUT2D eigenvalue weighted by atomic mass is 10.1. The third kappa shape index (κ3) is 4.14. The van der Waals surface area contributed by atoms with Gasteiger partial charge in [0.25, 0.3) is 0 Å². The van der Waals surface area contributed by atoms with E-state index >= 15 is 0 Å². The van der Waals surface area contributed by atoms with Gasteiger partial charge in [0.15, 0.2) is 0 Å². The summed E-state index contributed by atoms with van der Waals surface area (Å²) in [6.45, 7) is 0. The SMILES string of the molecule is O=C(Cc1ccc(F)cc1)Nc1cc(Br)ccc1Br. The summed E-state index contributed by atoms with van der Waals surface area (Å²) < 4.78 is 14.4. The van der Waals surface area contributed by atoms with Gasteiger partial charge in [-0.05, 0) is 51.8 Å². The fraction of sp³-hybridized carbons (Fsp3) is 0.0714. The van der Waals surface area contributed by atoms with Crippen molar-refractivity contribution in [2.45, 2.75) is 6.42 Å². The standard InChI is InChI=1S/C14H10Br2FNO/c15-10-3-6-12(16)13(8-10)18-14(19)7-9-1-4-11(17)5-2-9/h1-6,8H,7H2,(H,18,19). The summed E-state index contributed by atoms with van der Waals surface area (Å²) in [7, 11) is 0. The molecule has 5 heteroatoms. The van der Waals surface area contributed by atoms with Crippen molar-refractivity contribution in [3.05, 3.63) is 62.8 Å². The number of carbonyl (C=O) groups is 1. The van der Waals surface area contributed by atoms with Gasteiger partial charge in [-0.2, -0.15) is 0 Å². The summed E-state index contributed by atoms with van der Waals surface area (Å²) in [4.78, 5) is 11.9. The van der Waals surface area contributed by atoms with Crippen molar-refractivity contribution in [3.8, 4) is 0 Å². The van der Waals surface area contributed by atoms with Crippen LogP contribution in [0.1, 0.15) is 5.56 Å². The van der Waals surface area contributed by atoms with E-state index in [0.29, 0.717) is 5.69 Å². The van der Waals surface area contributed by atoms with Crippen LogP contribution >= 0.6 is 31.9 Å². The van der Waals surface area contributed by atoms with Crippen molar-refractivity contribution < 1.29 is 9.18 Å². The number of halogens is 3. The van der Waals surface area contributed by atoms with Crippen LogP contribution in [0.5, 0.6) is 0 Å². The molecular weight excluding hydrogens is 377 g/mol. The first-order valence-electron chi connectivity index (χ1n) is 5.54. The number of rotatable bonds is 3. The second kappa shape index (κ2) is 6.30. The minimum absolute atomic E-state index is 0.148. The van der Waals surface area contributed by atoms with Crippen molar-refractivity contribution in [2.24, 2.45) is 0 Å². The maximum Gasteiger partial charge on any atom is 0.228 e. The molecule has 0 aromatic heterocycles. The predicted octanol–water partition coefficient (Wildman–Crippen LogP) is 4.53. The Morgan fingerprint density at radius 1 is 1.11 bits per heavy atom. The van der Waals surface area contributed by atoms with Gasteiger partial charge in [0.1, 0.15) is 5.82 Å². The van der Waals surface area contributed by atoms with Crippen LogP contribution in [0.3, 0.4) is 0 Å². The van der Waals surface area contributed by atoms with Gasteiger partial charge < -0.3 is 5.32 Å². The molecule has 0 bridgehead atoms. The highest BCUT2D eigenvalue weighted by Crippen LogP contribution is 2.26. The highest BCUT2D eigenvalue weighted by Gasteiger charge is 2.07. The van der Waals surface area contributed by atoms with Gasteiger partial charge in [0.05, 0.1) is 12.1 Å². The van der Waals surface area contributed by atoms with E-state index < -0.39 is 0 Å². The van der Waals surface area contributed by atoms with Gasteiger partial charge in [-0.1, -0.05) is 28.1 Å². The molecule has 2 rings (SSSR count). The van der Waals surface area contributed by atoms with Gasteiger partial charge in [0, 0.05) is 8.95 Å². The Labute approximate surface area is 127 Å². The number of carbonyl (C=O) groups excluding carboxylic acids is 1. The molecule has 0 fully saturated rings. The molecule has 0 heterocycles. The predicted molar refractivity (Wildman–Crippen MR) is 80.6 cm³/mol. The lowest BCUT2D eigenvalue weighted by Gasteiger charge is -2.08. The zero-order valence-electron chi connectivity index (χ0n) is 9.79. The molecule has 0 unspecified atom stereocenters. The zero-order valence-corrected chi connectivity index (χ0v) is 13.0. The summed E-state index contributed by atoms with van der Waals surface area (Å²) in [5, 5.41) is 2.80. The normalized spacial score (nSPS) is 10.3. The Hall–Kier alpha value is -1.20. The van der Waals surface area contributed by atoms with Crippen molar-refractivity contribution >= 4 is 43.5 Å². The van der Waals surface area contributed by atoms with Crippen LogP contribution in [0.15, 0.2) is 51.4 Å². The zero-order chi connectivity index (χ0) is 13.8. The number of benzene rings is 2. The number of hydrogen-bond acceptors (Lipinski definition) is 1. The van der Waals surface area contributed by atoms with Crippen LogP contribution in [0.4, 0.5) is 10.1 Å². The molecule has 2 nitrogen and oxygen atoms in total. The maximum atomic E-state index is 12.8. The Kier molecular flexibility index (Phi) is 4.71. The molecule has 19 heavy (non-hydrogen) atoms. The van der Waals surface area contributed by atoms with Crippen LogP contribution in [0.25, 0.3) is 0 Å². The van der Waals surface area contributed by atoms with E-state index in [4.69, 9.17) is 0 Å². The Bertz CT molecular complexity index is 599. The summed E-state index contributed by atoms with van der Waals surface area (Å²) in [6.07, 6.45) is 0.208. The minimum Gasteiger partial charge on any atom is -0.325 e. The molecule has 0 atom stereocenters. The van der Waals surface area contributed by atoms with Crippen LogP contribution in [-0.4, -0.2) is 5.91 Å². The van der Waals surface area contributed by atoms with Crippen LogP contribution in [-0.2, 0) is 11.2 Å². The Morgan fingerprint density at radius 2 is 1.79 bits per heavy atom. The second-order valence-electron chi connectivity index (χ2n) is 3.98. The third-order valence-corrected chi connectivity index (χ3v) is 3.67. The lowest BCUT2D eigenvalue weighted by Crippen LogP contribution is -2.14. The fourth-order valence-corrected chi connectivity index (χ4v) is 2.28. The van der Waals surface area contributed by atoms with Gasteiger partial charge >= 0.3 is 0 Å². The van der Waals surface area contributed by atoms with E-state index in [-0.39, 0.29) is 18.1 Å². The van der Waals surface area contributed by atoms with Gasteiger partial charge in [-0.3, -0.25) is 4.79 Å². The van der Waals surface area contributed by atoms with E-state index in [1.807, 2.05) is 18.2 Å². The van der Waals surface area contributed by atoms with E-state index in [1.165, 1.54) is 12.1 Å². The minimum atomic E-state index is -0.307. The molecular formula is C14H10Br2FNO. The first-order chi connectivity index (χ1) is 9.04. The molecule has 2 aromatic rings. The molecule has 0 spiro atoms. The van der Waals surface area contributed by atoms with Crippen LogP contribution in [0.2, 0.25) is 0 Å². The average molecular weight is 387 g/mol. The lowest BCUT2D eigenvalue weighted by molar-refractivity contribution is -0.115. The smallest absolute Gasteiger partial charge is 0.228 e. The molecule has 0 saturated carbocycles. The molecule has 1 amide bonds. The van der Waals surface area contributed by atoms with E-state index in [0.717, 1.165) is 14.5 Å². The summed E-state index contributed by atoms with van der Waals surface area (Å²) >= 11 is 6.72. The van der Waals surface area contributed by atoms with Crippen molar-refractivity contribution in [1.29, 1.82) is 0 Å². The van der Waals surface area contributed by atoms with Crippen LogP contribution < -0.4 is 5.32 Å². The average Bonchev–Trinajstić information content (AvgIpc) is 2.37. The highest BCUT2D eigenvalue weighted by molar-refractivity contribution is 9.11. The summed E-state index contributed by atoms with van der Waals surface area (Å²) in [6, 6.07) is 11.4. The topological polar surface area (TPSA) is 29.1 Å². The summed E-state index contributed by atoms with van der Waals surface area (Å²) in [5.74, 6) is -0.454. The monoisotopic (exact) mass is 385 g/mol. The molecule has 2 aromatic carbocycles. The number of amides is 1. The van der Waals surface area contributed by atoms with Gasteiger partial charge in [-0.25, -0.2) is 4.39 Å². The molecule has 0 aliphatic carbocycles. The van der Waals surface area contributed by atoms with Crippen molar-refractivity contribution in [2.75, 3.05) is 5.32 Å².